The van der Waals surface area contributed by atoms with E-state index in [1.807, 2.05) is 0 Å². The summed E-state index contributed by atoms with van der Waals surface area (Å²) in [5, 5.41) is 5.31. The number of fused-ring (bicyclic) bond motifs is 14. The first-order valence-electron chi connectivity index (χ1n) is 32.4. The maximum absolute atomic E-state index is 2.81. The van der Waals surface area contributed by atoms with Crippen molar-refractivity contribution >= 4 is 83.8 Å². The minimum absolute atomic E-state index is 0.0115. The van der Waals surface area contributed by atoms with E-state index in [2.05, 4.69) is 311 Å². The van der Waals surface area contributed by atoms with Crippen LogP contribution in [0.3, 0.4) is 0 Å². The molecule has 0 saturated carbocycles. The lowest BCUT2D eigenvalue weighted by Gasteiger charge is -2.45. The third-order valence-electron chi connectivity index (χ3n) is 21.0. The van der Waals surface area contributed by atoms with E-state index in [-0.39, 0.29) is 44.6 Å². The summed E-state index contributed by atoms with van der Waals surface area (Å²) in [6.07, 6.45) is 0. The largest absolute Gasteiger partial charge is 0.310 e. The van der Waals surface area contributed by atoms with Gasteiger partial charge in [0, 0.05) is 49.8 Å². The van der Waals surface area contributed by atoms with Crippen LogP contribution in [0.2, 0.25) is 0 Å². The molecule has 15 rings (SSSR count). The quantitative estimate of drug-likeness (QED) is 0.161. The van der Waals surface area contributed by atoms with Crippen LogP contribution in [0.4, 0.5) is 17.1 Å². The van der Waals surface area contributed by atoms with Crippen LogP contribution in [0.25, 0.3) is 66.1 Å². The summed E-state index contributed by atoms with van der Waals surface area (Å²) in [5.41, 5.74) is 32.2. The highest BCUT2D eigenvalue weighted by Crippen LogP contribution is 2.63. The topological polar surface area (TPSA) is 13.1 Å². The van der Waals surface area contributed by atoms with Gasteiger partial charge < -0.3 is 14.0 Å². The zero-order chi connectivity index (χ0) is 61.7. The van der Waals surface area contributed by atoms with Crippen LogP contribution in [-0.4, -0.2) is 15.8 Å². The normalized spacial score (nSPS) is 15.0. The van der Waals surface area contributed by atoms with Gasteiger partial charge in [-0.05, 0) is 187 Å². The first-order chi connectivity index (χ1) is 40.6. The van der Waals surface area contributed by atoms with Crippen LogP contribution in [0.15, 0.2) is 152 Å². The molecule has 0 unspecified atom stereocenters. The number of aromatic nitrogens is 2. The molecule has 0 saturated heterocycles. The van der Waals surface area contributed by atoms with Crippen molar-refractivity contribution in [2.75, 3.05) is 4.90 Å². The number of nitrogens with zero attached hydrogens (tertiary/aromatic N) is 3. The minimum atomic E-state index is -0.638. The molecule has 0 atom stereocenters. The Morgan fingerprint density at radius 2 is 0.839 bits per heavy atom. The van der Waals surface area contributed by atoms with Crippen molar-refractivity contribution in [2.24, 2.45) is 0 Å². The van der Waals surface area contributed by atoms with Gasteiger partial charge >= 0.3 is 0 Å². The molecule has 4 aliphatic rings. The molecule has 0 N–H and O–H groups in total. The Hall–Kier alpha value is -7.56. The second kappa shape index (κ2) is 17.4. The minimum Gasteiger partial charge on any atom is -0.310 e. The lowest BCUT2D eigenvalue weighted by Crippen LogP contribution is -2.60. The lowest BCUT2D eigenvalue weighted by atomic mass is 9.33. The van der Waals surface area contributed by atoms with Gasteiger partial charge in [-0.3, -0.25) is 0 Å². The summed E-state index contributed by atoms with van der Waals surface area (Å²) in [5.74, 6) is 0. The summed E-state index contributed by atoms with van der Waals surface area (Å²) in [6, 6.07) is 62.2. The molecule has 3 nitrogen and oxygen atoms in total. The fraction of sp³-hybridized carbons (Fsp3) is 0.349. The average molecular weight is 1140 g/mol. The maximum atomic E-state index is 2.81. The first-order valence-corrected chi connectivity index (χ1v) is 32.4. The zero-order valence-corrected chi connectivity index (χ0v) is 55.9. The summed E-state index contributed by atoms with van der Waals surface area (Å²) in [7, 11) is 0. The van der Waals surface area contributed by atoms with Crippen LogP contribution >= 0.6 is 0 Å². The number of anilines is 3. The summed E-state index contributed by atoms with van der Waals surface area (Å²) < 4.78 is 5.54. The predicted octanol–water partition coefficient (Wildman–Crippen LogP) is 20.3. The number of rotatable bonds is 3. The monoisotopic (exact) mass is 1140 g/mol. The Balaban J connectivity index is 1.15. The molecular weight excluding hydrogens is 1050 g/mol. The molecule has 0 radical (unpaired) electrons. The Morgan fingerprint density at radius 3 is 1.41 bits per heavy atom. The molecule has 11 aromatic rings. The van der Waals surface area contributed by atoms with Gasteiger partial charge in [0.05, 0.1) is 27.7 Å². The van der Waals surface area contributed by atoms with Crippen LogP contribution in [-0.2, 0) is 43.3 Å². The molecule has 438 valence electrons. The molecule has 0 bridgehead atoms. The van der Waals surface area contributed by atoms with E-state index in [0.29, 0.717) is 0 Å². The van der Waals surface area contributed by atoms with Gasteiger partial charge in [0.15, 0.2) is 0 Å². The molecule has 9 aromatic carbocycles. The van der Waals surface area contributed by atoms with E-state index in [1.165, 1.54) is 155 Å². The van der Waals surface area contributed by atoms with Crippen molar-refractivity contribution in [1.82, 2.24) is 9.13 Å². The summed E-state index contributed by atoms with van der Waals surface area (Å²) in [4.78, 5) is 2.58. The van der Waals surface area contributed by atoms with E-state index in [9.17, 15) is 0 Å². The summed E-state index contributed by atoms with van der Waals surface area (Å²) in [6.45, 7) is 49.9. The summed E-state index contributed by atoms with van der Waals surface area (Å²) >= 11 is 0. The fourth-order valence-electron chi connectivity index (χ4n) is 15.9. The van der Waals surface area contributed by atoms with E-state index in [0.717, 1.165) is 5.69 Å². The van der Waals surface area contributed by atoms with Crippen molar-refractivity contribution in [3.8, 4) is 22.5 Å². The molecule has 0 fully saturated rings. The maximum Gasteiger partial charge on any atom is 0.252 e. The highest BCUT2D eigenvalue weighted by molar-refractivity contribution is 7.00. The molecule has 87 heavy (non-hydrogen) atoms. The average Bonchev–Trinajstić information content (AvgIpc) is 1.53. The van der Waals surface area contributed by atoms with Crippen molar-refractivity contribution in [1.29, 1.82) is 0 Å². The lowest BCUT2D eigenvalue weighted by molar-refractivity contribution is 0.583. The van der Waals surface area contributed by atoms with E-state index in [1.54, 1.807) is 0 Å². The Bertz CT molecular complexity index is 4760. The van der Waals surface area contributed by atoms with E-state index < -0.39 is 5.41 Å². The van der Waals surface area contributed by atoms with Crippen LogP contribution in [0.1, 0.15) is 207 Å². The molecule has 0 amide bonds. The fourth-order valence-corrected chi connectivity index (χ4v) is 15.9. The molecule has 4 heteroatoms. The molecule has 1 spiro atoms. The van der Waals surface area contributed by atoms with Crippen LogP contribution in [0.5, 0.6) is 0 Å². The first kappa shape index (κ1) is 56.0. The molecule has 5 heterocycles. The SMILES string of the molecule is CC(C)(C)c1ccc(N(c2cccc(C(C)(C)C)c2)c2ccc3c4c2c2cc(C(C)(C)C)ccc2n4-c2ccc4c5c2B3c2cc(C(C)(C)C)cc3c6cc(C(C)(C)C)cc(c6n-5c23)C42c3cc(C(C)(C)C)ccc3-c3ccc(C(C)(C)C)cc32)cc1. The van der Waals surface area contributed by atoms with E-state index in [4.69, 9.17) is 0 Å². The van der Waals surface area contributed by atoms with Gasteiger partial charge in [-0.1, -0.05) is 236 Å². The molecule has 2 aromatic heterocycles. The number of hydrogen-bond donors (Lipinski definition) is 0. The molecule has 3 aliphatic heterocycles. The molecule has 1 aliphatic carbocycles. The second-order valence-corrected chi connectivity index (χ2v) is 34.0. The van der Waals surface area contributed by atoms with Gasteiger partial charge in [0.1, 0.15) is 0 Å². The Labute approximate surface area is 518 Å². The third kappa shape index (κ3) is 7.74. The third-order valence-corrected chi connectivity index (χ3v) is 21.0. The van der Waals surface area contributed by atoms with E-state index >= 15 is 0 Å². The van der Waals surface area contributed by atoms with Gasteiger partial charge in [-0.2, -0.15) is 0 Å². The standard InChI is InChI=1S/C83H88BN3/c1-76(2,3)47-25-30-54(31-26-47)85(55-24-22-23-48(39-55)77(4,5)6)68-38-35-65-75-70(68)60-40-49(78(7,8)9)29-36-67(60)86(75)69-37-34-61-74-71(69)84(65)66-46-53(82(19,20)21)42-59-58-41-52(81(16,17)18)45-64(72(58)87(74)73(59)66)83(61)62-43-50(79(10,11)12)27-32-56(62)57-33-28-51(44-63(57)83)80(13,14)15/h22-46H,1-21H3. The van der Waals surface area contributed by atoms with Crippen molar-refractivity contribution in [3.63, 3.8) is 0 Å². The van der Waals surface area contributed by atoms with Gasteiger partial charge in [-0.25, -0.2) is 0 Å². The van der Waals surface area contributed by atoms with Gasteiger partial charge in [0.25, 0.3) is 6.71 Å². The highest BCUT2D eigenvalue weighted by atomic mass is 15.2. The Kier molecular flexibility index (Phi) is 11.2. The van der Waals surface area contributed by atoms with Crippen LogP contribution in [0, 0.1) is 0 Å². The van der Waals surface area contributed by atoms with Gasteiger partial charge in [0.2, 0.25) is 0 Å². The second-order valence-electron chi connectivity index (χ2n) is 34.0. The van der Waals surface area contributed by atoms with Crippen LogP contribution < -0.4 is 21.3 Å². The van der Waals surface area contributed by atoms with Gasteiger partial charge in [-0.15, -0.1) is 0 Å². The predicted molar refractivity (Wildman–Crippen MR) is 376 cm³/mol. The van der Waals surface area contributed by atoms with Crippen molar-refractivity contribution < 1.29 is 0 Å². The number of benzene rings is 9. The Morgan fingerprint density at radius 1 is 0.345 bits per heavy atom. The van der Waals surface area contributed by atoms with Crippen molar-refractivity contribution in [2.45, 2.75) is 189 Å². The highest BCUT2D eigenvalue weighted by Gasteiger charge is 2.55. The molecular formula is C83H88BN3. The van der Waals surface area contributed by atoms with Crippen molar-refractivity contribution in [3.05, 3.63) is 213 Å². The smallest absolute Gasteiger partial charge is 0.252 e. The zero-order valence-electron chi connectivity index (χ0n) is 55.9. The number of hydrogen-bond acceptors (Lipinski definition) is 1.